The molecule has 1 amide bonds. The van der Waals surface area contributed by atoms with E-state index in [1.54, 1.807) is 79.9 Å². The molecule has 18 heteroatoms. The van der Waals surface area contributed by atoms with Gasteiger partial charge in [0.25, 0.3) is 0 Å². The molecule has 0 saturated carbocycles. The molecule has 5 rings (SSSR count). The third-order valence-corrected chi connectivity index (χ3v) is 12.6. The molecule has 52 heavy (non-hydrogen) atoms. The lowest BCUT2D eigenvalue weighted by atomic mass is 10.2. The number of amides is 1. The van der Waals surface area contributed by atoms with E-state index in [4.69, 9.17) is 19.3 Å². The summed E-state index contributed by atoms with van der Waals surface area (Å²) in [6, 6.07) is 23.5. The summed E-state index contributed by atoms with van der Waals surface area (Å²) < 4.78 is 77.3. The lowest BCUT2D eigenvalue weighted by Crippen LogP contribution is -2.33. The molecular weight excluding hydrogens is 827 g/mol. The largest absolute Gasteiger partial charge is 0.497 e. The summed E-state index contributed by atoms with van der Waals surface area (Å²) >= 11 is 1.93. The highest BCUT2D eigenvalue weighted by molar-refractivity contribution is 14.1. The van der Waals surface area contributed by atoms with Gasteiger partial charge < -0.3 is 24.6 Å². The Labute approximate surface area is 314 Å². The Balaban J connectivity index is 1.72. The number of carboxylic acid groups (broad SMARTS) is 1. The minimum atomic E-state index is -4.74. The van der Waals surface area contributed by atoms with Crippen LogP contribution in [0, 0.1) is 3.57 Å². The van der Waals surface area contributed by atoms with Crippen molar-refractivity contribution in [3.63, 3.8) is 0 Å². The molecule has 0 spiro atoms. The van der Waals surface area contributed by atoms with Gasteiger partial charge in [0.2, 0.25) is 10.0 Å². The van der Waals surface area contributed by atoms with Gasteiger partial charge in [-0.15, -0.1) is 5.10 Å². The Kier molecular flexibility index (Phi) is 12.3. The average molecular weight is 863 g/mol. The van der Waals surface area contributed by atoms with Crippen molar-refractivity contribution in [3.05, 3.63) is 105 Å². The summed E-state index contributed by atoms with van der Waals surface area (Å²) in [7, 11) is -4.59. The molecule has 4 aromatic carbocycles. The Morgan fingerprint density at radius 1 is 0.788 bits per heavy atom. The van der Waals surface area contributed by atoms with Gasteiger partial charge in [0.15, 0.2) is 15.7 Å². The summed E-state index contributed by atoms with van der Waals surface area (Å²) in [5.74, 6) is 1.07. The number of nitrogens with zero attached hydrogens (tertiary/aromatic N) is 5. The zero-order chi connectivity index (χ0) is 37.5. The number of tetrazole rings is 1. The quantitative estimate of drug-likeness (QED) is 0.133. The van der Waals surface area contributed by atoms with Crippen molar-refractivity contribution in [1.82, 2.24) is 29.8 Å². The molecule has 0 bridgehead atoms. The van der Waals surface area contributed by atoms with Crippen molar-refractivity contribution in [3.8, 4) is 28.6 Å². The van der Waals surface area contributed by atoms with E-state index in [-0.39, 0.29) is 31.0 Å². The first kappa shape index (κ1) is 38.4. The second kappa shape index (κ2) is 16.7. The van der Waals surface area contributed by atoms with Gasteiger partial charge in [0.1, 0.15) is 22.1 Å². The normalized spacial score (nSPS) is 11.7. The maximum atomic E-state index is 15.3. The fourth-order valence-corrected chi connectivity index (χ4v) is 9.77. The summed E-state index contributed by atoms with van der Waals surface area (Å²) in [5, 5.41) is 23.3. The average Bonchev–Trinajstić information content (AvgIpc) is 3.59. The third-order valence-electron chi connectivity index (χ3n) is 7.93. The number of carbonyl (C=O) groups is 1. The minimum absolute atomic E-state index is 0.00773. The lowest BCUT2D eigenvalue weighted by Gasteiger charge is -2.26. The molecule has 1 heterocycles. The first-order chi connectivity index (χ1) is 24.9. The Morgan fingerprint density at radius 2 is 1.29 bits per heavy atom. The number of halogens is 1. The molecule has 0 aliphatic rings. The van der Waals surface area contributed by atoms with Crippen LogP contribution in [0.1, 0.15) is 16.7 Å². The first-order valence-electron chi connectivity index (χ1n) is 15.5. The van der Waals surface area contributed by atoms with Crippen molar-refractivity contribution < 1.29 is 40.9 Å². The number of sulfonamides is 1. The van der Waals surface area contributed by atoms with Crippen LogP contribution in [-0.2, 0) is 39.5 Å². The number of hydrogen-bond donors (Lipinski definition) is 2. The van der Waals surface area contributed by atoms with E-state index in [9.17, 15) is 13.2 Å². The number of methoxy groups -OCH3 is 3. The Morgan fingerprint density at radius 3 is 1.77 bits per heavy atom. The monoisotopic (exact) mass is 862 g/mol. The smallest absolute Gasteiger partial charge is 0.404 e. The van der Waals surface area contributed by atoms with Crippen molar-refractivity contribution in [2.45, 2.75) is 29.4 Å². The van der Waals surface area contributed by atoms with Gasteiger partial charge in [0, 0.05) is 23.2 Å². The summed E-state index contributed by atoms with van der Waals surface area (Å²) in [4.78, 5) is 10.1. The zero-order valence-corrected chi connectivity index (χ0v) is 32.1. The van der Waals surface area contributed by atoms with Crippen LogP contribution in [0.2, 0.25) is 0 Å². The highest BCUT2D eigenvalue weighted by Gasteiger charge is 2.37. The molecule has 5 aromatic rings. The number of ether oxygens (including phenoxy) is 3. The van der Waals surface area contributed by atoms with Crippen molar-refractivity contribution in [2.24, 2.45) is 0 Å². The van der Waals surface area contributed by atoms with E-state index in [0.29, 0.717) is 31.9 Å². The maximum Gasteiger partial charge on any atom is 0.404 e. The number of aromatic nitrogens is 4. The summed E-state index contributed by atoms with van der Waals surface area (Å²) in [6.45, 7) is -0.669. The topological polar surface area (TPSA) is 192 Å². The molecule has 0 fully saturated rings. The molecule has 274 valence electrons. The van der Waals surface area contributed by atoms with E-state index in [1.165, 1.54) is 35.3 Å². The SMILES string of the molecule is COc1ccc(CN(Cc2ccc(OC)cc2)S(=O)(=O)c2c(S(=O)(=O)CCNC(=O)O)ccc(I)c2-c2nnnn2Cc2ccc(OC)cc2)cc1. The van der Waals surface area contributed by atoms with Crippen LogP contribution >= 0.6 is 22.6 Å². The van der Waals surface area contributed by atoms with E-state index < -0.39 is 48.0 Å². The van der Waals surface area contributed by atoms with Gasteiger partial charge in [-0.2, -0.15) is 4.31 Å². The number of nitrogens with one attached hydrogen (secondary N) is 1. The number of sulfone groups is 1. The zero-order valence-electron chi connectivity index (χ0n) is 28.3. The van der Waals surface area contributed by atoms with E-state index in [2.05, 4.69) is 15.5 Å². The molecule has 15 nitrogen and oxygen atoms in total. The van der Waals surface area contributed by atoms with Crippen LogP contribution in [0.3, 0.4) is 0 Å². The molecule has 0 radical (unpaired) electrons. The van der Waals surface area contributed by atoms with Gasteiger partial charge in [-0.1, -0.05) is 36.4 Å². The van der Waals surface area contributed by atoms with Crippen molar-refractivity contribution >= 4 is 48.5 Å². The molecule has 0 aliphatic heterocycles. The Hall–Kier alpha value is -4.79. The van der Waals surface area contributed by atoms with E-state index >= 15 is 8.42 Å². The molecule has 0 saturated heterocycles. The van der Waals surface area contributed by atoms with Crippen LogP contribution in [0.4, 0.5) is 4.79 Å². The van der Waals surface area contributed by atoms with E-state index in [1.807, 2.05) is 27.9 Å². The number of rotatable bonds is 16. The molecule has 2 N–H and O–H groups in total. The second-order valence-corrected chi connectivity index (χ2v) is 16.4. The molecule has 1 aromatic heterocycles. The fourth-order valence-electron chi connectivity index (χ4n) is 5.27. The lowest BCUT2D eigenvalue weighted by molar-refractivity contribution is 0.195. The van der Waals surface area contributed by atoms with Gasteiger partial charge in [-0.05, 0) is 98.2 Å². The van der Waals surface area contributed by atoms with Crippen molar-refractivity contribution in [1.29, 1.82) is 0 Å². The highest BCUT2D eigenvalue weighted by Crippen LogP contribution is 2.39. The molecule has 0 atom stereocenters. The number of benzene rings is 4. The van der Waals surface area contributed by atoms with Crippen LogP contribution in [0.15, 0.2) is 94.7 Å². The minimum Gasteiger partial charge on any atom is -0.497 e. The second-order valence-electron chi connectivity index (χ2n) is 11.3. The standard InChI is InChI=1S/C34H35IN6O9S2/c1-48-26-10-4-23(5-11-26)20-40(21-24-6-12-27(49-2)13-7-24)52(46,47)32-30(51(44,45)19-18-36-34(42)43)17-16-29(35)31(32)33-37-38-39-41(33)22-25-8-14-28(50-3)15-9-25/h4-17,36H,18-22H2,1-3H3,(H,42,43). The predicted molar refractivity (Wildman–Crippen MR) is 199 cm³/mol. The molecule has 0 unspecified atom stereocenters. The number of hydrogen-bond acceptors (Lipinski definition) is 11. The molecular formula is C34H35IN6O9S2. The highest BCUT2D eigenvalue weighted by atomic mass is 127. The fraction of sp³-hybridized carbons (Fsp3) is 0.235. The predicted octanol–water partition coefficient (Wildman–Crippen LogP) is 4.45. The Bertz CT molecular complexity index is 2180. The van der Waals surface area contributed by atoms with Gasteiger partial charge in [0.05, 0.1) is 44.1 Å². The van der Waals surface area contributed by atoms with Gasteiger partial charge >= 0.3 is 6.09 Å². The third kappa shape index (κ3) is 8.98. The van der Waals surface area contributed by atoms with E-state index in [0.717, 1.165) is 5.56 Å². The summed E-state index contributed by atoms with van der Waals surface area (Å²) in [6.07, 6.45) is -1.42. The van der Waals surface area contributed by atoms with Crippen LogP contribution < -0.4 is 19.5 Å². The summed E-state index contributed by atoms with van der Waals surface area (Å²) in [5.41, 5.74) is 1.94. The van der Waals surface area contributed by atoms with Crippen LogP contribution in [0.25, 0.3) is 11.4 Å². The molecule has 0 aliphatic carbocycles. The van der Waals surface area contributed by atoms with Gasteiger partial charge in [-0.3, -0.25) is 0 Å². The van der Waals surface area contributed by atoms with Crippen LogP contribution in [-0.4, -0.2) is 86.2 Å². The maximum absolute atomic E-state index is 15.3. The van der Waals surface area contributed by atoms with Crippen LogP contribution in [0.5, 0.6) is 17.2 Å². The van der Waals surface area contributed by atoms with Crippen molar-refractivity contribution in [2.75, 3.05) is 33.6 Å². The van der Waals surface area contributed by atoms with Gasteiger partial charge in [-0.25, -0.2) is 26.3 Å². The first-order valence-corrected chi connectivity index (χ1v) is 19.7.